The topological polar surface area (TPSA) is 89.8 Å². The van der Waals surface area contributed by atoms with E-state index in [0.717, 1.165) is 25.9 Å². The van der Waals surface area contributed by atoms with Gasteiger partial charge in [0, 0.05) is 6.54 Å². The van der Waals surface area contributed by atoms with Crippen LogP contribution < -0.4 is 5.32 Å². The smallest absolute Gasteiger partial charge is 0.451 e. The van der Waals surface area contributed by atoms with Crippen LogP contribution in [0.25, 0.3) is 0 Å². The number of hydrogen-bond donors (Lipinski definition) is 4. The van der Waals surface area contributed by atoms with Gasteiger partial charge in [0.05, 0.1) is 5.92 Å². The molecular formula is C17H26BNO4. The van der Waals surface area contributed by atoms with Crippen molar-refractivity contribution < 1.29 is 19.9 Å². The Bertz CT molecular complexity index is 483. The van der Waals surface area contributed by atoms with E-state index in [1.807, 2.05) is 18.2 Å². The summed E-state index contributed by atoms with van der Waals surface area (Å²) in [5.41, 5.74) is 1.23. The molecule has 0 radical (unpaired) electrons. The molecule has 4 N–H and O–H groups in total. The SMILES string of the molecule is O=C(O)C1CC(CNCc2ccccc2)CC1CCCB(O)O. The Balaban J connectivity index is 1.76. The molecule has 2 rings (SSSR count). The number of aliphatic carboxylic acids is 1. The first-order chi connectivity index (χ1) is 11.1. The van der Waals surface area contributed by atoms with E-state index < -0.39 is 13.1 Å². The second kappa shape index (κ2) is 9.06. The van der Waals surface area contributed by atoms with Crippen molar-refractivity contribution in [1.82, 2.24) is 5.32 Å². The Morgan fingerprint density at radius 1 is 1.22 bits per heavy atom. The molecule has 1 saturated carbocycles. The lowest BCUT2D eigenvalue weighted by Crippen LogP contribution is -2.21. The zero-order valence-corrected chi connectivity index (χ0v) is 13.4. The van der Waals surface area contributed by atoms with Crippen LogP contribution in [0.15, 0.2) is 30.3 Å². The third-order valence-electron chi connectivity index (χ3n) is 4.75. The highest BCUT2D eigenvalue weighted by Crippen LogP contribution is 2.39. The van der Waals surface area contributed by atoms with E-state index in [0.29, 0.717) is 25.1 Å². The van der Waals surface area contributed by atoms with E-state index in [1.54, 1.807) is 0 Å². The van der Waals surface area contributed by atoms with Crippen LogP contribution in [0.1, 0.15) is 31.2 Å². The summed E-state index contributed by atoms with van der Waals surface area (Å²) in [7, 11) is -1.29. The molecule has 0 bridgehead atoms. The summed E-state index contributed by atoms with van der Waals surface area (Å²) in [5, 5.41) is 30.6. The third-order valence-corrected chi connectivity index (χ3v) is 4.75. The maximum absolute atomic E-state index is 11.4. The van der Waals surface area contributed by atoms with Gasteiger partial charge in [-0.05, 0) is 43.1 Å². The highest BCUT2D eigenvalue weighted by Gasteiger charge is 2.38. The van der Waals surface area contributed by atoms with Gasteiger partial charge in [0.25, 0.3) is 0 Å². The highest BCUT2D eigenvalue weighted by atomic mass is 16.4. The largest absolute Gasteiger partial charge is 0.481 e. The second-order valence-electron chi connectivity index (χ2n) is 6.57. The quantitative estimate of drug-likeness (QED) is 0.521. The summed E-state index contributed by atoms with van der Waals surface area (Å²) in [6.07, 6.45) is 3.35. The maximum Gasteiger partial charge on any atom is 0.451 e. The van der Waals surface area contributed by atoms with Gasteiger partial charge in [-0.3, -0.25) is 4.79 Å². The Kier molecular flexibility index (Phi) is 7.08. The lowest BCUT2D eigenvalue weighted by atomic mass is 9.80. The van der Waals surface area contributed by atoms with Gasteiger partial charge in [0.15, 0.2) is 0 Å². The summed E-state index contributed by atoms with van der Waals surface area (Å²) in [6, 6.07) is 10.2. The van der Waals surface area contributed by atoms with Gasteiger partial charge >= 0.3 is 13.1 Å². The van der Waals surface area contributed by atoms with Crippen molar-refractivity contribution in [3.8, 4) is 0 Å². The van der Waals surface area contributed by atoms with E-state index in [9.17, 15) is 9.90 Å². The van der Waals surface area contributed by atoms with Crippen LogP contribution in [-0.4, -0.2) is 34.8 Å². The molecular weight excluding hydrogens is 293 g/mol. The first-order valence-corrected chi connectivity index (χ1v) is 8.40. The minimum atomic E-state index is -1.29. The Morgan fingerprint density at radius 3 is 2.61 bits per heavy atom. The summed E-state index contributed by atoms with van der Waals surface area (Å²) in [4.78, 5) is 11.4. The molecule has 3 unspecified atom stereocenters. The van der Waals surface area contributed by atoms with Crippen LogP contribution in [0, 0.1) is 17.8 Å². The summed E-state index contributed by atoms with van der Waals surface area (Å²) in [6.45, 7) is 1.63. The first-order valence-electron chi connectivity index (χ1n) is 8.40. The standard InChI is InChI=1S/C17H26BNO4/c20-17(21)16-10-14(9-15(16)7-4-8-18(22)23)12-19-11-13-5-2-1-3-6-13/h1-3,5-6,14-16,19,22-23H,4,7-12H2,(H,20,21). The number of carboxylic acid groups (broad SMARTS) is 1. The molecule has 1 aliphatic carbocycles. The number of carboxylic acids is 1. The Hall–Kier alpha value is -1.37. The monoisotopic (exact) mass is 319 g/mol. The molecule has 0 amide bonds. The molecule has 23 heavy (non-hydrogen) atoms. The fourth-order valence-electron chi connectivity index (χ4n) is 3.61. The van der Waals surface area contributed by atoms with Crippen molar-refractivity contribution in [1.29, 1.82) is 0 Å². The lowest BCUT2D eigenvalue weighted by molar-refractivity contribution is -0.143. The molecule has 6 heteroatoms. The molecule has 5 nitrogen and oxygen atoms in total. The molecule has 0 saturated heterocycles. The van der Waals surface area contributed by atoms with Crippen LogP contribution in [0.2, 0.25) is 6.32 Å². The number of rotatable bonds is 9. The van der Waals surface area contributed by atoms with Crippen LogP contribution in [0.5, 0.6) is 0 Å². The van der Waals surface area contributed by atoms with E-state index in [1.165, 1.54) is 5.56 Å². The van der Waals surface area contributed by atoms with E-state index in [2.05, 4.69) is 17.4 Å². The zero-order valence-electron chi connectivity index (χ0n) is 13.4. The minimum absolute atomic E-state index is 0.148. The van der Waals surface area contributed by atoms with Gasteiger partial charge in [0.2, 0.25) is 0 Å². The van der Waals surface area contributed by atoms with Crippen molar-refractivity contribution in [2.45, 2.75) is 38.5 Å². The lowest BCUT2D eigenvalue weighted by Gasteiger charge is -2.15. The van der Waals surface area contributed by atoms with Crippen molar-refractivity contribution in [3.63, 3.8) is 0 Å². The number of nitrogens with one attached hydrogen (secondary N) is 1. The molecule has 1 aromatic carbocycles. The van der Waals surface area contributed by atoms with Crippen molar-refractivity contribution in [2.24, 2.45) is 17.8 Å². The van der Waals surface area contributed by atoms with Gasteiger partial charge in [-0.15, -0.1) is 0 Å². The average molecular weight is 319 g/mol. The van der Waals surface area contributed by atoms with Gasteiger partial charge < -0.3 is 20.5 Å². The normalized spacial score (nSPS) is 23.8. The maximum atomic E-state index is 11.4. The van der Waals surface area contributed by atoms with Gasteiger partial charge in [-0.2, -0.15) is 0 Å². The number of carbonyl (C=O) groups is 1. The Labute approximate surface area is 137 Å². The van der Waals surface area contributed by atoms with E-state index >= 15 is 0 Å². The summed E-state index contributed by atoms with van der Waals surface area (Å²) < 4.78 is 0. The van der Waals surface area contributed by atoms with Crippen molar-refractivity contribution in [3.05, 3.63) is 35.9 Å². The highest BCUT2D eigenvalue weighted by molar-refractivity contribution is 6.40. The summed E-state index contributed by atoms with van der Waals surface area (Å²) >= 11 is 0. The molecule has 1 fully saturated rings. The predicted molar refractivity (Wildman–Crippen MR) is 89.7 cm³/mol. The Morgan fingerprint density at radius 2 is 1.96 bits per heavy atom. The molecule has 1 aromatic rings. The van der Waals surface area contributed by atoms with Crippen molar-refractivity contribution >= 4 is 13.1 Å². The van der Waals surface area contributed by atoms with Crippen molar-refractivity contribution in [2.75, 3.05) is 6.54 Å². The number of benzene rings is 1. The molecule has 0 spiro atoms. The fraction of sp³-hybridized carbons (Fsp3) is 0.588. The molecule has 3 atom stereocenters. The zero-order chi connectivity index (χ0) is 16.7. The molecule has 0 aromatic heterocycles. The van der Waals surface area contributed by atoms with E-state index in [4.69, 9.17) is 10.0 Å². The average Bonchev–Trinajstić information content (AvgIpc) is 2.91. The summed E-state index contributed by atoms with van der Waals surface area (Å²) in [5.74, 6) is -0.488. The van der Waals surface area contributed by atoms with Crippen LogP contribution in [0.3, 0.4) is 0 Å². The van der Waals surface area contributed by atoms with Gasteiger partial charge in [-0.1, -0.05) is 43.2 Å². The molecule has 0 heterocycles. The van der Waals surface area contributed by atoms with Crippen LogP contribution >= 0.6 is 0 Å². The fourth-order valence-corrected chi connectivity index (χ4v) is 3.61. The van der Waals surface area contributed by atoms with Crippen LogP contribution in [0.4, 0.5) is 0 Å². The van der Waals surface area contributed by atoms with Gasteiger partial charge in [-0.25, -0.2) is 0 Å². The second-order valence-corrected chi connectivity index (χ2v) is 6.57. The minimum Gasteiger partial charge on any atom is -0.481 e. The first kappa shape index (κ1) is 18.0. The number of hydrogen-bond acceptors (Lipinski definition) is 4. The van der Waals surface area contributed by atoms with Gasteiger partial charge in [0.1, 0.15) is 0 Å². The molecule has 126 valence electrons. The predicted octanol–water partition coefficient (Wildman–Crippen LogP) is 1.76. The molecule has 0 aliphatic heterocycles. The third kappa shape index (κ3) is 5.97. The van der Waals surface area contributed by atoms with Crippen LogP contribution in [-0.2, 0) is 11.3 Å². The molecule has 1 aliphatic rings. The van der Waals surface area contributed by atoms with E-state index in [-0.39, 0.29) is 11.8 Å².